The second-order valence-corrected chi connectivity index (χ2v) is 15.4. The molecule has 236 valence electrons. The van der Waals surface area contributed by atoms with E-state index in [1.165, 1.54) is 78.9 Å². The van der Waals surface area contributed by atoms with E-state index in [9.17, 15) is 0 Å². The average molecular weight is 684 g/mol. The minimum absolute atomic E-state index is 0.695. The Labute approximate surface area is 299 Å². The topological polar surface area (TPSA) is 30.7 Å². The van der Waals surface area contributed by atoms with Gasteiger partial charge in [-0.3, -0.25) is 4.57 Å². The molecule has 0 spiro atoms. The van der Waals surface area contributed by atoms with Gasteiger partial charge in [0.05, 0.1) is 16.7 Å². The van der Waals surface area contributed by atoms with Crippen LogP contribution in [0.2, 0.25) is 0 Å². The number of para-hydroxylation sites is 1. The van der Waals surface area contributed by atoms with Gasteiger partial charge in [0.15, 0.2) is 0 Å². The standard InChI is InChI=1S/C46H25N3S2/c1-2-12-29-26(11-1)21-22-27-25-28(23-24-30(27)29)42-40-34-16-6-10-20-38(34)51-45(40)48-46(47-42)49-36-18-8-5-15-33(36)39-31-13-3-4-14-32(31)44-41(43(39)49)35-17-7-9-19-37(35)50-44/h1-25H. The van der Waals surface area contributed by atoms with E-state index in [1.807, 2.05) is 11.3 Å². The van der Waals surface area contributed by atoms with Crippen molar-refractivity contribution in [2.45, 2.75) is 0 Å². The van der Waals surface area contributed by atoms with Gasteiger partial charge in [-0.2, -0.15) is 0 Å². The van der Waals surface area contributed by atoms with Crippen molar-refractivity contribution < 1.29 is 0 Å². The fourth-order valence-electron chi connectivity index (χ4n) is 8.41. The molecule has 0 unspecified atom stereocenters. The van der Waals surface area contributed by atoms with Crippen molar-refractivity contribution >= 4 is 117 Å². The Bertz CT molecular complexity index is 3440. The minimum atomic E-state index is 0.695. The lowest BCUT2D eigenvalue weighted by Gasteiger charge is -2.12. The van der Waals surface area contributed by atoms with Gasteiger partial charge in [0.25, 0.3) is 0 Å². The number of benzene rings is 8. The van der Waals surface area contributed by atoms with E-state index in [2.05, 4.69) is 156 Å². The summed E-state index contributed by atoms with van der Waals surface area (Å²) < 4.78 is 6.15. The van der Waals surface area contributed by atoms with E-state index < -0.39 is 0 Å². The van der Waals surface area contributed by atoms with E-state index in [0.29, 0.717) is 5.95 Å². The molecule has 4 aromatic heterocycles. The monoisotopic (exact) mass is 683 g/mol. The van der Waals surface area contributed by atoms with Crippen LogP contribution in [-0.2, 0) is 0 Å². The molecule has 0 saturated heterocycles. The summed E-state index contributed by atoms with van der Waals surface area (Å²) in [6.07, 6.45) is 0. The van der Waals surface area contributed by atoms with Crippen molar-refractivity contribution in [2.24, 2.45) is 0 Å². The summed E-state index contributed by atoms with van der Waals surface area (Å²) in [5.74, 6) is 0.695. The first-order valence-electron chi connectivity index (χ1n) is 17.2. The molecule has 0 aliphatic heterocycles. The third-order valence-corrected chi connectivity index (χ3v) is 12.9. The van der Waals surface area contributed by atoms with Crippen LogP contribution < -0.4 is 0 Å². The molecule has 5 heteroatoms. The first-order chi connectivity index (χ1) is 25.3. The molecule has 0 aliphatic carbocycles. The van der Waals surface area contributed by atoms with E-state index >= 15 is 0 Å². The number of fused-ring (bicyclic) bond motifs is 16. The lowest BCUT2D eigenvalue weighted by molar-refractivity contribution is 1.02. The molecule has 0 radical (unpaired) electrons. The Morgan fingerprint density at radius 3 is 1.90 bits per heavy atom. The van der Waals surface area contributed by atoms with Crippen LogP contribution in [0.4, 0.5) is 0 Å². The van der Waals surface area contributed by atoms with Crippen LogP contribution in [0.3, 0.4) is 0 Å². The van der Waals surface area contributed by atoms with Crippen LogP contribution in [-0.4, -0.2) is 14.5 Å². The van der Waals surface area contributed by atoms with Gasteiger partial charge in [0.1, 0.15) is 4.83 Å². The van der Waals surface area contributed by atoms with Gasteiger partial charge in [-0.15, -0.1) is 22.7 Å². The van der Waals surface area contributed by atoms with Gasteiger partial charge in [0.2, 0.25) is 5.95 Å². The Hall–Kier alpha value is -6.14. The van der Waals surface area contributed by atoms with Crippen LogP contribution in [0.25, 0.3) is 112 Å². The maximum atomic E-state index is 5.62. The first-order valence-corrected chi connectivity index (χ1v) is 18.8. The van der Waals surface area contributed by atoms with Crippen LogP contribution >= 0.6 is 22.7 Å². The molecular weight excluding hydrogens is 659 g/mol. The van der Waals surface area contributed by atoms with Crippen LogP contribution in [0, 0.1) is 0 Å². The highest BCUT2D eigenvalue weighted by molar-refractivity contribution is 7.27. The summed E-state index contributed by atoms with van der Waals surface area (Å²) in [4.78, 5) is 12.1. The Balaban J connectivity index is 1.26. The molecule has 0 saturated carbocycles. The Kier molecular flexibility index (Phi) is 5.53. The van der Waals surface area contributed by atoms with Gasteiger partial charge in [-0.05, 0) is 51.2 Å². The van der Waals surface area contributed by atoms with Crippen LogP contribution in [0.5, 0.6) is 0 Å². The van der Waals surface area contributed by atoms with Crippen molar-refractivity contribution in [3.8, 4) is 17.2 Å². The smallest absolute Gasteiger partial charge is 0.236 e. The van der Waals surface area contributed by atoms with Crippen molar-refractivity contribution in [3.05, 3.63) is 152 Å². The number of hydrogen-bond donors (Lipinski definition) is 0. The molecule has 0 aliphatic rings. The number of rotatable bonds is 2. The van der Waals surface area contributed by atoms with Gasteiger partial charge < -0.3 is 0 Å². The van der Waals surface area contributed by atoms with E-state index in [-0.39, 0.29) is 0 Å². The summed E-state index contributed by atoms with van der Waals surface area (Å²) >= 11 is 3.62. The maximum absolute atomic E-state index is 5.62. The largest absolute Gasteiger partial charge is 0.277 e. The van der Waals surface area contributed by atoms with Crippen LogP contribution in [0.1, 0.15) is 0 Å². The highest BCUT2D eigenvalue weighted by Gasteiger charge is 2.24. The molecule has 8 aromatic carbocycles. The third-order valence-electron chi connectivity index (χ3n) is 10.6. The van der Waals surface area contributed by atoms with Crippen molar-refractivity contribution in [2.75, 3.05) is 0 Å². The zero-order valence-electron chi connectivity index (χ0n) is 27.1. The second kappa shape index (κ2) is 10.2. The maximum Gasteiger partial charge on any atom is 0.236 e. The molecule has 3 nitrogen and oxygen atoms in total. The Morgan fingerprint density at radius 1 is 0.431 bits per heavy atom. The zero-order chi connectivity index (χ0) is 33.2. The highest BCUT2D eigenvalue weighted by atomic mass is 32.1. The molecule has 4 heterocycles. The minimum Gasteiger partial charge on any atom is -0.277 e. The fraction of sp³-hybridized carbons (Fsp3) is 0. The number of nitrogens with zero attached hydrogens (tertiary/aromatic N) is 3. The van der Waals surface area contributed by atoms with Crippen LogP contribution in [0.15, 0.2) is 152 Å². The van der Waals surface area contributed by atoms with Gasteiger partial charge in [-0.25, -0.2) is 9.97 Å². The summed E-state index contributed by atoms with van der Waals surface area (Å²) in [7, 11) is 0. The molecule has 0 amide bonds. The highest BCUT2D eigenvalue weighted by Crippen LogP contribution is 2.48. The van der Waals surface area contributed by atoms with Gasteiger partial charge in [-0.1, -0.05) is 127 Å². The van der Waals surface area contributed by atoms with Crippen molar-refractivity contribution in [1.29, 1.82) is 0 Å². The van der Waals surface area contributed by atoms with E-state index in [1.54, 1.807) is 11.3 Å². The second-order valence-electron chi connectivity index (χ2n) is 13.3. The summed E-state index contributed by atoms with van der Waals surface area (Å²) in [5.41, 5.74) is 4.32. The Morgan fingerprint density at radius 2 is 1.06 bits per heavy atom. The first kappa shape index (κ1) is 27.7. The zero-order valence-corrected chi connectivity index (χ0v) is 28.7. The predicted octanol–water partition coefficient (Wildman–Crippen LogP) is 13.4. The number of thiophene rings is 2. The molecule has 0 bridgehead atoms. The molecule has 12 aromatic rings. The summed E-state index contributed by atoms with van der Waals surface area (Å²) in [5, 5.41) is 14.8. The quantitative estimate of drug-likeness (QED) is 0.170. The molecule has 0 N–H and O–H groups in total. The molecule has 0 fully saturated rings. The summed E-state index contributed by atoms with van der Waals surface area (Å²) in [6, 6.07) is 55.0. The van der Waals surface area contributed by atoms with E-state index in [4.69, 9.17) is 9.97 Å². The third kappa shape index (κ3) is 3.77. The fourth-order valence-corrected chi connectivity index (χ4v) is 10.7. The molecule has 0 atom stereocenters. The van der Waals surface area contributed by atoms with Gasteiger partial charge in [0, 0.05) is 57.4 Å². The molecule has 51 heavy (non-hydrogen) atoms. The SMILES string of the molecule is c1ccc2c(c1)ccc1cc(-c3nc(-n4c5ccccc5c5c6ccccc6c6sc7ccccc7c6c54)nc4sc5ccccc5c34)ccc12. The van der Waals surface area contributed by atoms with E-state index in [0.717, 1.165) is 27.0 Å². The summed E-state index contributed by atoms with van der Waals surface area (Å²) in [6.45, 7) is 0. The molecule has 12 rings (SSSR count). The lowest BCUT2D eigenvalue weighted by atomic mass is 9.98. The molecular formula is C46H25N3S2. The van der Waals surface area contributed by atoms with Crippen molar-refractivity contribution in [1.82, 2.24) is 14.5 Å². The normalized spacial score (nSPS) is 12.3. The van der Waals surface area contributed by atoms with Gasteiger partial charge >= 0.3 is 0 Å². The number of hydrogen-bond acceptors (Lipinski definition) is 4. The lowest BCUT2D eigenvalue weighted by Crippen LogP contribution is -2.03. The average Bonchev–Trinajstić information content (AvgIpc) is 3.87. The number of aromatic nitrogens is 3. The van der Waals surface area contributed by atoms with Crippen molar-refractivity contribution in [3.63, 3.8) is 0 Å². The predicted molar refractivity (Wildman–Crippen MR) is 220 cm³/mol.